The SMILES string of the molecule is CCOC(=O)C=C(C)c1cc(C2COC(C)O2)ccc1OC. The van der Waals surface area contributed by atoms with Gasteiger partial charge in [-0.2, -0.15) is 0 Å². The van der Waals surface area contributed by atoms with Gasteiger partial charge in [-0.05, 0) is 44.0 Å². The third-order valence-corrected chi connectivity index (χ3v) is 3.48. The standard InChI is InChI=1S/C17H22O5/c1-5-20-17(18)8-11(2)14-9-13(6-7-15(14)19-4)16-10-21-12(3)22-16/h6-9,12,16H,5,10H2,1-4H3. The van der Waals surface area contributed by atoms with Crippen molar-refractivity contribution in [2.24, 2.45) is 0 Å². The third-order valence-electron chi connectivity index (χ3n) is 3.48. The molecule has 1 heterocycles. The first-order valence-corrected chi connectivity index (χ1v) is 7.35. The fraction of sp³-hybridized carbons (Fsp3) is 0.471. The molecule has 2 atom stereocenters. The summed E-state index contributed by atoms with van der Waals surface area (Å²) in [5.41, 5.74) is 2.62. The average Bonchev–Trinajstić information content (AvgIpc) is 2.93. The van der Waals surface area contributed by atoms with E-state index in [1.54, 1.807) is 14.0 Å². The summed E-state index contributed by atoms with van der Waals surface area (Å²) in [5, 5.41) is 0. The quantitative estimate of drug-likeness (QED) is 0.618. The highest BCUT2D eigenvalue weighted by Crippen LogP contribution is 2.33. The van der Waals surface area contributed by atoms with E-state index in [1.165, 1.54) is 6.08 Å². The van der Waals surface area contributed by atoms with Crippen molar-refractivity contribution in [2.45, 2.75) is 33.2 Å². The zero-order valence-electron chi connectivity index (χ0n) is 13.4. The van der Waals surface area contributed by atoms with E-state index in [9.17, 15) is 4.79 Å². The lowest BCUT2D eigenvalue weighted by molar-refractivity contribution is -0.137. The van der Waals surface area contributed by atoms with Crippen molar-refractivity contribution in [3.8, 4) is 5.75 Å². The number of carbonyl (C=O) groups excluding carboxylic acids is 1. The van der Waals surface area contributed by atoms with Crippen LogP contribution in [0.3, 0.4) is 0 Å². The van der Waals surface area contributed by atoms with E-state index in [0.29, 0.717) is 19.0 Å². The molecule has 0 bridgehead atoms. The van der Waals surface area contributed by atoms with E-state index in [1.807, 2.05) is 32.0 Å². The molecule has 2 unspecified atom stereocenters. The van der Waals surface area contributed by atoms with Gasteiger partial charge in [0, 0.05) is 11.6 Å². The van der Waals surface area contributed by atoms with Gasteiger partial charge in [0.2, 0.25) is 0 Å². The van der Waals surface area contributed by atoms with E-state index in [-0.39, 0.29) is 18.4 Å². The predicted molar refractivity (Wildman–Crippen MR) is 82.5 cm³/mol. The van der Waals surface area contributed by atoms with Crippen LogP contribution >= 0.6 is 0 Å². The topological polar surface area (TPSA) is 54.0 Å². The predicted octanol–water partition coefficient (Wildman–Crippen LogP) is 3.10. The summed E-state index contributed by atoms with van der Waals surface area (Å²) in [5.74, 6) is 0.343. The van der Waals surface area contributed by atoms with Crippen LogP contribution in [0.15, 0.2) is 24.3 Å². The van der Waals surface area contributed by atoms with Crippen molar-refractivity contribution < 1.29 is 23.7 Å². The van der Waals surface area contributed by atoms with Crippen molar-refractivity contribution in [3.05, 3.63) is 35.4 Å². The van der Waals surface area contributed by atoms with Gasteiger partial charge in [-0.25, -0.2) is 4.79 Å². The maximum absolute atomic E-state index is 11.6. The second-order valence-electron chi connectivity index (χ2n) is 5.06. The Balaban J connectivity index is 2.30. The number of hydrogen-bond acceptors (Lipinski definition) is 5. The van der Waals surface area contributed by atoms with Crippen LogP contribution in [0.2, 0.25) is 0 Å². The lowest BCUT2D eigenvalue weighted by atomic mass is 10.00. The first-order chi connectivity index (χ1) is 10.5. The number of benzene rings is 1. The Hall–Kier alpha value is -1.85. The largest absolute Gasteiger partial charge is 0.496 e. The van der Waals surface area contributed by atoms with Crippen molar-refractivity contribution in [2.75, 3.05) is 20.3 Å². The molecule has 22 heavy (non-hydrogen) atoms. The van der Waals surface area contributed by atoms with Crippen molar-refractivity contribution in [1.82, 2.24) is 0 Å². The highest BCUT2D eigenvalue weighted by Gasteiger charge is 2.24. The first-order valence-electron chi connectivity index (χ1n) is 7.35. The highest BCUT2D eigenvalue weighted by molar-refractivity contribution is 5.91. The van der Waals surface area contributed by atoms with E-state index < -0.39 is 0 Å². The first kappa shape index (κ1) is 16.5. The minimum atomic E-state index is -0.360. The molecule has 2 rings (SSSR count). The molecule has 0 radical (unpaired) electrons. The zero-order chi connectivity index (χ0) is 16.1. The second-order valence-corrected chi connectivity index (χ2v) is 5.06. The van der Waals surface area contributed by atoms with Crippen LogP contribution in [-0.2, 0) is 19.0 Å². The number of methoxy groups -OCH3 is 1. The molecule has 0 aliphatic carbocycles. The summed E-state index contributed by atoms with van der Waals surface area (Å²) in [6.45, 7) is 6.38. The van der Waals surface area contributed by atoms with Gasteiger partial charge in [0.05, 0.1) is 20.3 Å². The van der Waals surface area contributed by atoms with Crippen LogP contribution < -0.4 is 4.74 Å². The number of rotatable bonds is 5. The minimum absolute atomic E-state index is 0.102. The molecule has 1 aliphatic heterocycles. The number of hydrogen-bond donors (Lipinski definition) is 0. The van der Waals surface area contributed by atoms with Crippen LogP contribution in [0.25, 0.3) is 5.57 Å². The molecule has 5 nitrogen and oxygen atoms in total. The van der Waals surface area contributed by atoms with Crippen molar-refractivity contribution in [3.63, 3.8) is 0 Å². The Labute approximate surface area is 130 Å². The molecule has 0 aromatic heterocycles. The summed E-state index contributed by atoms with van der Waals surface area (Å²) < 4.78 is 21.5. The van der Waals surface area contributed by atoms with E-state index in [2.05, 4.69) is 0 Å². The van der Waals surface area contributed by atoms with Gasteiger partial charge in [0.25, 0.3) is 0 Å². The summed E-state index contributed by atoms with van der Waals surface area (Å²) >= 11 is 0. The minimum Gasteiger partial charge on any atom is -0.496 e. The van der Waals surface area contributed by atoms with Crippen LogP contribution in [0.4, 0.5) is 0 Å². The lowest BCUT2D eigenvalue weighted by Crippen LogP contribution is -2.04. The number of carbonyl (C=O) groups is 1. The fourth-order valence-corrected chi connectivity index (χ4v) is 2.38. The Morgan fingerprint density at radius 2 is 2.23 bits per heavy atom. The molecule has 0 spiro atoms. The molecule has 120 valence electrons. The van der Waals surface area contributed by atoms with Crippen LogP contribution in [0.1, 0.15) is 38.0 Å². The fourth-order valence-electron chi connectivity index (χ4n) is 2.38. The van der Waals surface area contributed by atoms with Gasteiger partial charge in [0.15, 0.2) is 6.29 Å². The number of ether oxygens (including phenoxy) is 4. The van der Waals surface area contributed by atoms with Crippen LogP contribution in [0.5, 0.6) is 5.75 Å². The molecule has 0 saturated carbocycles. The summed E-state index contributed by atoms with van der Waals surface area (Å²) in [6.07, 6.45) is 1.17. The zero-order valence-corrected chi connectivity index (χ0v) is 13.4. The molecular weight excluding hydrogens is 284 g/mol. The molecule has 1 aromatic rings. The maximum atomic E-state index is 11.6. The molecule has 1 fully saturated rings. The highest BCUT2D eigenvalue weighted by atomic mass is 16.7. The molecular formula is C17H22O5. The molecule has 0 amide bonds. The Morgan fingerprint density at radius 1 is 1.45 bits per heavy atom. The van der Waals surface area contributed by atoms with Gasteiger partial charge in [-0.1, -0.05) is 6.07 Å². The Kier molecular flexibility index (Phi) is 5.57. The summed E-state index contributed by atoms with van der Waals surface area (Å²) in [7, 11) is 1.60. The van der Waals surface area contributed by atoms with Crippen molar-refractivity contribution >= 4 is 11.5 Å². The molecule has 0 N–H and O–H groups in total. The Morgan fingerprint density at radius 3 is 2.82 bits per heavy atom. The van der Waals surface area contributed by atoms with Crippen LogP contribution in [-0.4, -0.2) is 32.6 Å². The monoisotopic (exact) mass is 306 g/mol. The second kappa shape index (κ2) is 7.42. The normalized spacial score (nSPS) is 21.7. The van der Waals surface area contributed by atoms with Gasteiger partial charge >= 0.3 is 5.97 Å². The summed E-state index contributed by atoms with van der Waals surface area (Å²) in [4.78, 5) is 11.6. The van der Waals surface area contributed by atoms with Gasteiger partial charge in [-0.3, -0.25) is 0 Å². The summed E-state index contributed by atoms with van der Waals surface area (Å²) in [6, 6.07) is 5.79. The molecule has 1 aromatic carbocycles. The lowest BCUT2D eigenvalue weighted by Gasteiger charge is -2.14. The van der Waals surface area contributed by atoms with Crippen LogP contribution in [0, 0.1) is 0 Å². The Bertz CT molecular complexity index is 564. The number of esters is 1. The van der Waals surface area contributed by atoms with Crippen molar-refractivity contribution in [1.29, 1.82) is 0 Å². The van der Waals surface area contributed by atoms with E-state index in [0.717, 1.165) is 16.7 Å². The maximum Gasteiger partial charge on any atom is 0.331 e. The molecule has 1 saturated heterocycles. The van der Waals surface area contributed by atoms with Gasteiger partial charge in [-0.15, -0.1) is 0 Å². The van der Waals surface area contributed by atoms with E-state index in [4.69, 9.17) is 18.9 Å². The average molecular weight is 306 g/mol. The molecule has 1 aliphatic rings. The smallest absolute Gasteiger partial charge is 0.331 e. The van der Waals surface area contributed by atoms with E-state index >= 15 is 0 Å². The number of allylic oxidation sites excluding steroid dienone is 1. The molecule has 5 heteroatoms. The van der Waals surface area contributed by atoms with Gasteiger partial charge in [0.1, 0.15) is 11.9 Å². The van der Waals surface area contributed by atoms with Gasteiger partial charge < -0.3 is 18.9 Å². The third kappa shape index (κ3) is 3.87.